The van der Waals surface area contributed by atoms with Crippen molar-refractivity contribution in [1.82, 2.24) is 14.8 Å². The topological polar surface area (TPSA) is 71.4 Å². The molecule has 2 aliphatic rings. The van der Waals surface area contributed by atoms with Crippen molar-refractivity contribution in [3.63, 3.8) is 0 Å². The molecule has 164 valence electrons. The van der Waals surface area contributed by atoms with Crippen LogP contribution < -0.4 is 5.32 Å². The molecule has 1 saturated carbocycles. The van der Waals surface area contributed by atoms with Gasteiger partial charge in [-0.15, -0.1) is 0 Å². The summed E-state index contributed by atoms with van der Waals surface area (Å²) in [5, 5.41) is 2.92. The molecule has 1 spiro atoms. The predicted octanol–water partition coefficient (Wildman–Crippen LogP) is 4.39. The lowest BCUT2D eigenvalue weighted by Crippen LogP contribution is -2.54. The van der Waals surface area contributed by atoms with Gasteiger partial charge in [-0.1, -0.05) is 25.8 Å². The van der Waals surface area contributed by atoms with E-state index in [0.717, 1.165) is 41.2 Å². The lowest BCUT2D eigenvalue weighted by atomic mass is 9.73. The van der Waals surface area contributed by atoms with Crippen LogP contribution in [0.2, 0.25) is 0 Å². The lowest BCUT2D eigenvalue weighted by molar-refractivity contribution is -0.133. The number of hydrogen-bond donors (Lipinski definition) is 1. The zero-order valence-electron chi connectivity index (χ0n) is 19.0. The van der Waals surface area contributed by atoms with Gasteiger partial charge in [-0.2, -0.15) is 0 Å². The van der Waals surface area contributed by atoms with Crippen molar-refractivity contribution in [3.8, 4) is 5.69 Å². The van der Waals surface area contributed by atoms with Gasteiger partial charge in [0.15, 0.2) is 5.78 Å². The first-order chi connectivity index (χ1) is 14.7. The van der Waals surface area contributed by atoms with Gasteiger partial charge in [0.1, 0.15) is 5.54 Å². The van der Waals surface area contributed by atoms with Crippen molar-refractivity contribution in [2.24, 2.45) is 5.92 Å². The van der Waals surface area contributed by atoms with E-state index in [1.54, 1.807) is 0 Å². The molecule has 2 heterocycles. The third kappa shape index (κ3) is 3.38. The SMILES string of the molecule is Cc1ccc(-n2c(C)cc(C(=O)CN3C(=O)NC4(CCCCC4C)C3=O)c2C)cc1C. The summed E-state index contributed by atoms with van der Waals surface area (Å²) in [6.07, 6.45) is 3.53. The Morgan fingerprint density at radius 3 is 2.52 bits per heavy atom. The minimum Gasteiger partial charge on any atom is -0.323 e. The van der Waals surface area contributed by atoms with Gasteiger partial charge >= 0.3 is 6.03 Å². The third-order valence-corrected chi connectivity index (χ3v) is 7.28. The number of carbonyl (C=O) groups is 3. The van der Waals surface area contributed by atoms with Crippen LogP contribution >= 0.6 is 0 Å². The fraction of sp³-hybridized carbons (Fsp3) is 0.480. The first kappa shape index (κ1) is 21.3. The zero-order chi connectivity index (χ0) is 22.5. The predicted molar refractivity (Wildman–Crippen MR) is 120 cm³/mol. The Balaban J connectivity index is 1.60. The van der Waals surface area contributed by atoms with Crippen LogP contribution in [0, 0.1) is 33.6 Å². The summed E-state index contributed by atoms with van der Waals surface area (Å²) in [6.45, 7) is 9.80. The van der Waals surface area contributed by atoms with E-state index in [1.165, 1.54) is 11.1 Å². The average Bonchev–Trinajstić information content (AvgIpc) is 3.15. The van der Waals surface area contributed by atoms with Crippen molar-refractivity contribution in [3.05, 3.63) is 52.3 Å². The summed E-state index contributed by atoms with van der Waals surface area (Å²) < 4.78 is 2.05. The van der Waals surface area contributed by atoms with Crippen molar-refractivity contribution in [2.45, 2.75) is 65.8 Å². The molecule has 0 radical (unpaired) electrons. The van der Waals surface area contributed by atoms with E-state index in [0.29, 0.717) is 12.0 Å². The van der Waals surface area contributed by atoms with Gasteiger partial charge in [0.05, 0.1) is 6.54 Å². The number of hydrogen-bond acceptors (Lipinski definition) is 3. The van der Waals surface area contributed by atoms with E-state index in [9.17, 15) is 14.4 Å². The van der Waals surface area contributed by atoms with Gasteiger partial charge in [-0.05, 0) is 75.8 Å². The van der Waals surface area contributed by atoms with Crippen LogP contribution in [0.1, 0.15) is 65.5 Å². The molecule has 1 N–H and O–H groups in total. The maximum absolute atomic E-state index is 13.2. The first-order valence-corrected chi connectivity index (χ1v) is 11.1. The second-order valence-electron chi connectivity index (χ2n) is 9.25. The minimum absolute atomic E-state index is 0.0765. The number of nitrogens with one attached hydrogen (secondary N) is 1. The van der Waals surface area contributed by atoms with Crippen molar-refractivity contribution in [1.29, 1.82) is 0 Å². The number of carbonyl (C=O) groups excluding carboxylic acids is 3. The Bertz CT molecular complexity index is 1080. The number of benzene rings is 1. The Hall–Kier alpha value is -2.89. The molecule has 6 nitrogen and oxygen atoms in total. The summed E-state index contributed by atoms with van der Waals surface area (Å²) in [7, 11) is 0. The molecule has 1 aromatic heterocycles. The standard InChI is InChI=1S/C25H31N3O3/c1-15-9-10-20(12-16(15)2)28-18(4)13-21(19(28)5)22(29)14-27-23(30)25(26-24(27)31)11-7-6-8-17(25)3/h9-10,12-13,17H,6-8,11,14H2,1-5H3,(H,26,31). The van der Waals surface area contributed by atoms with Crippen LogP contribution in [0.4, 0.5) is 4.79 Å². The molecule has 1 aliphatic heterocycles. The number of ketones is 1. The number of urea groups is 1. The second-order valence-corrected chi connectivity index (χ2v) is 9.25. The minimum atomic E-state index is -0.841. The average molecular weight is 422 g/mol. The Labute approximate surface area is 183 Å². The quantitative estimate of drug-likeness (QED) is 0.588. The number of aryl methyl sites for hydroxylation is 3. The summed E-state index contributed by atoms with van der Waals surface area (Å²) in [5.41, 5.74) is 4.87. The molecule has 2 atom stereocenters. The fourth-order valence-electron chi connectivity index (χ4n) is 5.17. The second kappa shape index (κ2) is 7.66. The highest BCUT2D eigenvalue weighted by Gasteiger charge is 2.55. The normalized spacial score (nSPS) is 23.5. The molecule has 1 saturated heterocycles. The highest BCUT2D eigenvalue weighted by atomic mass is 16.2. The van der Waals surface area contributed by atoms with Crippen LogP contribution in [0.5, 0.6) is 0 Å². The lowest BCUT2D eigenvalue weighted by Gasteiger charge is -2.36. The van der Waals surface area contributed by atoms with Crippen LogP contribution in [0.25, 0.3) is 5.69 Å². The highest BCUT2D eigenvalue weighted by Crippen LogP contribution is 2.38. The summed E-state index contributed by atoms with van der Waals surface area (Å²) >= 11 is 0. The number of Topliss-reactive ketones (excluding diaryl/α,β-unsaturated/α-hetero) is 1. The molecule has 1 aromatic carbocycles. The maximum atomic E-state index is 13.2. The Morgan fingerprint density at radius 2 is 1.84 bits per heavy atom. The van der Waals surface area contributed by atoms with Crippen LogP contribution in [0.3, 0.4) is 0 Å². The van der Waals surface area contributed by atoms with E-state index >= 15 is 0 Å². The zero-order valence-corrected chi connectivity index (χ0v) is 19.0. The fourth-order valence-corrected chi connectivity index (χ4v) is 5.17. The highest BCUT2D eigenvalue weighted by molar-refractivity contribution is 6.11. The van der Waals surface area contributed by atoms with Crippen molar-refractivity contribution >= 4 is 17.7 Å². The molecule has 31 heavy (non-hydrogen) atoms. The molecule has 4 rings (SSSR count). The maximum Gasteiger partial charge on any atom is 0.325 e. The molecule has 2 aromatic rings. The Morgan fingerprint density at radius 1 is 1.10 bits per heavy atom. The molecule has 1 aliphatic carbocycles. The molecule has 6 heteroatoms. The summed E-state index contributed by atoms with van der Waals surface area (Å²) in [4.78, 5) is 40.2. The third-order valence-electron chi connectivity index (χ3n) is 7.28. The number of amides is 3. The largest absolute Gasteiger partial charge is 0.325 e. The summed E-state index contributed by atoms with van der Waals surface area (Å²) in [6, 6.07) is 7.63. The van der Waals surface area contributed by atoms with E-state index < -0.39 is 11.6 Å². The van der Waals surface area contributed by atoms with E-state index in [4.69, 9.17) is 0 Å². The van der Waals surface area contributed by atoms with Gasteiger partial charge in [-0.25, -0.2) is 4.79 Å². The van der Waals surface area contributed by atoms with Gasteiger partial charge in [0, 0.05) is 22.6 Å². The summed E-state index contributed by atoms with van der Waals surface area (Å²) in [5.74, 6) is -0.388. The number of imide groups is 1. The van der Waals surface area contributed by atoms with Gasteiger partial charge in [0.2, 0.25) is 0 Å². The molecular weight excluding hydrogens is 390 g/mol. The van der Waals surface area contributed by atoms with Gasteiger partial charge < -0.3 is 9.88 Å². The first-order valence-electron chi connectivity index (χ1n) is 11.1. The molecule has 3 amide bonds. The van der Waals surface area contributed by atoms with E-state index in [1.807, 2.05) is 32.9 Å². The molecule has 2 fully saturated rings. The number of rotatable bonds is 4. The Kier molecular flexibility index (Phi) is 5.28. The monoisotopic (exact) mass is 421 g/mol. The number of nitrogens with zero attached hydrogens (tertiary/aromatic N) is 2. The van der Waals surface area contributed by atoms with Crippen LogP contribution in [-0.4, -0.2) is 39.3 Å². The van der Waals surface area contributed by atoms with E-state index in [-0.39, 0.29) is 24.2 Å². The van der Waals surface area contributed by atoms with Crippen molar-refractivity contribution < 1.29 is 14.4 Å². The van der Waals surface area contributed by atoms with Gasteiger partial charge in [0.25, 0.3) is 5.91 Å². The number of aromatic nitrogens is 1. The molecule has 2 unspecified atom stereocenters. The molecule has 0 bridgehead atoms. The smallest absolute Gasteiger partial charge is 0.323 e. The van der Waals surface area contributed by atoms with Crippen molar-refractivity contribution in [2.75, 3.05) is 6.54 Å². The van der Waals surface area contributed by atoms with Crippen LogP contribution in [0.15, 0.2) is 24.3 Å². The van der Waals surface area contributed by atoms with Crippen LogP contribution in [-0.2, 0) is 4.79 Å². The van der Waals surface area contributed by atoms with E-state index in [2.05, 4.69) is 35.9 Å². The van der Waals surface area contributed by atoms with Gasteiger partial charge in [-0.3, -0.25) is 14.5 Å². The molecular formula is C25H31N3O3.